The summed E-state index contributed by atoms with van der Waals surface area (Å²) >= 11 is 1.83. The number of fused-ring (bicyclic) bond motifs is 8. The van der Waals surface area contributed by atoms with Crippen LogP contribution in [0.3, 0.4) is 0 Å². The molecule has 1 aliphatic rings. The molecule has 11 rings (SSSR count). The minimum atomic E-state index is -0.338. The van der Waals surface area contributed by atoms with Crippen LogP contribution in [0.2, 0.25) is 0 Å². The topological polar surface area (TPSA) is 49.9 Å². The summed E-state index contributed by atoms with van der Waals surface area (Å²) in [5.74, 6) is 1.52. The molecule has 0 saturated heterocycles. The van der Waals surface area contributed by atoms with E-state index in [1.54, 1.807) is 0 Å². The van der Waals surface area contributed by atoms with Gasteiger partial charge in [-0.3, -0.25) is 0 Å². The van der Waals surface area contributed by atoms with Crippen molar-refractivity contribution in [2.24, 2.45) is 9.98 Å². The molecular weight excluding hydrogens is 655 g/mol. The first-order valence-corrected chi connectivity index (χ1v) is 18.3. The van der Waals surface area contributed by atoms with Crippen molar-refractivity contribution < 1.29 is 4.42 Å². The number of aliphatic imine (C=N–C) groups is 2. The number of benzene rings is 8. The summed E-state index contributed by atoms with van der Waals surface area (Å²) in [6, 6.07) is 57.9. The van der Waals surface area contributed by atoms with Crippen LogP contribution in [0.15, 0.2) is 178 Å². The number of nitrogens with zero attached hydrogens (tertiary/aromatic N) is 2. The van der Waals surface area contributed by atoms with Crippen LogP contribution in [0.5, 0.6) is 0 Å². The van der Waals surface area contributed by atoms with E-state index in [9.17, 15) is 0 Å². The van der Waals surface area contributed by atoms with Crippen LogP contribution in [-0.2, 0) is 0 Å². The Kier molecular flexibility index (Phi) is 6.45. The molecule has 0 amide bonds. The summed E-state index contributed by atoms with van der Waals surface area (Å²) in [7, 11) is 0. The Labute approximate surface area is 303 Å². The summed E-state index contributed by atoms with van der Waals surface area (Å²) in [6.07, 6.45) is -0.338. The first-order chi connectivity index (χ1) is 25.8. The van der Waals surface area contributed by atoms with E-state index in [1.807, 2.05) is 23.5 Å². The van der Waals surface area contributed by atoms with Crippen molar-refractivity contribution in [1.29, 1.82) is 0 Å². The fourth-order valence-corrected chi connectivity index (χ4v) is 9.16. The Bertz CT molecular complexity index is 3130. The lowest BCUT2D eigenvalue weighted by molar-refractivity contribution is 0.669. The lowest BCUT2D eigenvalue weighted by atomic mass is 9.92. The summed E-state index contributed by atoms with van der Waals surface area (Å²) in [6.45, 7) is 0. The summed E-state index contributed by atoms with van der Waals surface area (Å²) in [5, 5.41) is 13.2. The van der Waals surface area contributed by atoms with Gasteiger partial charge in [-0.15, -0.1) is 11.3 Å². The van der Waals surface area contributed by atoms with Gasteiger partial charge in [0.1, 0.15) is 23.2 Å². The third kappa shape index (κ3) is 4.53. The second-order valence-corrected chi connectivity index (χ2v) is 14.4. The van der Waals surface area contributed by atoms with Gasteiger partial charge in [0.25, 0.3) is 0 Å². The van der Waals surface area contributed by atoms with Crippen molar-refractivity contribution in [3.63, 3.8) is 0 Å². The largest absolute Gasteiger partial charge is 0.456 e. The van der Waals surface area contributed by atoms with E-state index in [2.05, 4.69) is 157 Å². The van der Waals surface area contributed by atoms with Crippen LogP contribution >= 0.6 is 11.3 Å². The Hall–Kier alpha value is -6.56. The molecule has 0 bridgehead atoms. The fourth-order valence-electron chi connectivity index (χ4n) is 7.92. The fraction of sp³-hybridized carbons (Fsp3) is 0.0213. The molecule has 0 radical (unpaired) electrons. The normalized spacial score (nSPS) is 14.7. The number of thiophene rings is 1. The Balaban J connectivity index is 1.13. The maximum Gasteiger partial charge on any atom is 0.160 e. The molecule has 0 saturated carbocycles. The number of hydrogen-bond acceptors (Lipinski definition) is 5. The Morgan fingerprint density at radius 2 is 1.21 bits per heavy atom. The minimum absolute atomic E-state index is 0.338. The third-order valence-corrected chi connectivity index (χ3v) is 11.6. The van der Waals surface area contributed by atoms with Gasteiger partial charge in [-0.2, -0.15) is 0 Å². The average Bonchev–Trinajstić information content (AvgIpc) is 3.79. The molecule has 1 aliphatic heterocycles. The molecule has 4 nitrogen and oxygen atoms in total. The molecule has 52 heavy (non-hydrogen) atoms. The summed E-state index contributed by atoms with van der Waals surface area (Å²) in [4.78, 5) is 10.7. The van der Waals surface area contributed by atoms with Crippen LogP contribution in [-0.4, -0.2) is 11.7 Å². The van der Waals surface area contributed by atoms with E-state index in [1.165, 1.54) is 30.9 Å². The zero-order chi connectivity index (χ0) is 34.2. The van der Waals surface area contributed by atoms with E-state index in [0.717, 1.165) is 66.4 Å². The molecule has 0 aliphatic carbocycles. The molecule has 244 valence electrons. The number of hydrogen-bond donors (Lipinski definition) is 1. The van der Waals surface area contributed by atoms with E-state index in [-0.39, 0.29) is 6.17 Å². The number of rotatable bonds is 4. The van der Waals surface area contributed by atoms with Gasteiger partial charge in [-0.25, -0.2) is 9.98 Å². The SMILES string of the molecule is c1ccc2cc(C3=NC(c4ccc(-c5cccc6oc7ccccc7c56)c5ccccc45)=NC(c4cccc5c4sc4ccccc45)N3)ccc2c1. The zero-order valence-corrected chi connectivity index (χ0v) is 28.7. The summed E-state index contributed by atoms with van der Waals surface area (Å²) < 4.78 is 8.80. The molecule has 10 aromatic rings. The molecule has 1 N–H and O–H groups in total. The number of furan rings is 1. The van der Waals surface area contributed by atoms with Gasteiger partial charge in [-0.1, -0.05) is 133 Å². The van der Waals surface area contributed by atoms with Crippen molar-refractivity contribution in [3.8, 4) is 11.1 Å². The standard InChI is InChI=1S/C47H29N3OS/c1-2-12-29-27-30(24-23-28(29)11-1)45-48-46(50-47(49-45)39-19-9-18-36-34-15-6-8-22-42(34)52-44(36)39)37-26-25-33(31-13-3-4-14-32(31)37)35-17-10-21-41-43(35)38-16-5-7-20-40(38)51-41/h1-27,47H,(H,48,49,50). The van der Waals surface area contributed by atoms with Crippen molar-refractivity contribution in [1.82, 2.24) is 5.32 Å². The molecule has 0 spiro atoms. The highest BCUT2D eigenvalue weighted by molar-refractivity contribution is 7.26. The van der Waals surface area contributed by atoms with Crippen LogP contribution in [0.4, 0.5) is 0 Å². The van der Waals surface area contributed by atoms with Gasteiger partial charge < -0.3 is 9.73 Å². The second kappa shape index (κ2) is 11.5. The highest BCUT2D eigenvalue weighted by Gasteiger charge is 2.25. The Morgan fingerprint density at radius 3 is 2.12 bits per heavy atom. The zero-order valence-electron chi connectivity index (χ0n) is 27.9. The highest BCUT2D eigenvalue weighted by atomic mass is 32.1. The number of nitrogens with one attached hydrogen (secondary N) is 1. The molecule has 0 fully saturated rings. The molecule has 5 heteroatoms. The van der Waals surface area contributed by atoms with E-state index < -0.39 is 0 Å². The lowest BCUT2D eigenvalue weighted by Gasteiger charge is -2.25. The van der Waals surface area contributed by atoms with Gasteiger partial charge in [-0.05, 0) is 63.0 Å². The maximum atomic E-state index is 6.29. The first-order valence-electron chi connectivity index (χ1n) is 17.5. The monoisotopic (exact) mass is 683 g/mol. The van der Waals surface area contributed by atoms with Crippen LogP contribution in [0.25, 0.3) is 74.8 Å². The van der Waals surface area contributed by atoms with Crippen LogP contribution < -0.4 is 5.32 Å². The molecule has 1 unspecified atom stereocenters. The molecule has 1 atom stereocenters. The van der Waals surface area contributed by atoms with Crippen LogP contribution in [0, 0.1) is 0 Å². The summed E-state index contributed by atoms with van der Waals surface area (Å²) in [5.41, 5.74) is 7.24. The van der Waals surface area contributed by atoms with Crippen molar-refractivity contribution in [2.75, 3.05) is 0 Å². The quantitative estimate of drug-likeness (QED) is 0.201. The Morgan fingerprint density at radius 1 is 0.519 bits per heavy atom. The predicted octanol–water partition coefficient (Wildman–Crippen LogP) is 12.4. The van der Waals surface area contributed by atoms with Gasteiger partial charge in [0.2, 0.25) is 0 Å². The van der Waals surface area contributed by atoms with E-state index in [0.29, 0.717) is 5.84 Å². The van der Waals surface area contributed by atoms with Crippen molar-refractivity contribution in [2.45, 2.75) is 6.17 Å². The number of para-hydroxylation sites is 1. The van der Waals surface area contributed by atoms with E-state index in [4.69, 9.17) is 14.4 Å². The van der Waals surface area contributed by atoms with Gasteiger partial charge >= 0.3 is 0 Å². The molecule has 2 aromatic heterocycles. The molecule has 8 aromatic carbocycles. The third-order valence-electron chi connectivity index (χ3n) is 10.4. The van der Waals surface area contributed by atoms with Gasteiger partial charge in [0, 0.05) is 47.6 Å². The smallest absolute Gasteiger partial charge is 0.160 e. The van der Waals surface area contributed by atoms with Crippen molar-refractivity contribution in [3.05, 3.63) is 180 Å². The van der Waals surface area contributed by atoms with Gasteiger partial charge in [0.05, 0.1) is 0 Å². The number of amidine groups is 2. The predicted molar refractivity (Wildman–Crippen MR) is 219 cm³/mol. The highest BCUT2D eigenvalue weighted by Crippen LogP contribution is 2.42. The molecular formula is C47H29N3OS. The maximum absolute atomic E-state index is 6.29. The van der Waals surface area contributed by atoms with Gasteiger partial charge in [0.15, 0.2) is 5.84 Å². The minimum Gasteiger partial charge on any atom is -0.456 e. The molecule has 3 heterocycles. The second-order valence-electron chi connectivity index (χ2n) is 13.3. The van der Waals surface area contributed by atoms with Crippen molar-refractivity contribution >= 4 is 86.7 Å². The van der Waals surface area contributed by atoms with E-state index >= 15 is 0 Å². The first kappa shape index (κ1) is 29.2. The lowest BCUT2D eigenvalue weighted by Crippen LogP contribution is -2.33. The van der Waals surface area contributed by atoms with Crippen LogP contribution in [0.1, 0.15) is 22.9 Å². The average molecular weight is 684 g/mol.